The fourth-order valence-corrected chi connectivity index (χ4v) is 3.28. The third kappa shape index (κ3) is 1.66. The Bertz CT molecular complexity index is 144. The molecule has 0 aromatic carbocycles. The van der Waals surface area contributed by atoms with Crippen LogP contribution in [-0.4, -0.2) is 6.54 Å². The molecule has 0 aromatic rings. The predicted molar refractivity (Wildman–Crippen MR) is 51.8 cm³/mol. The Balaban J connectivity index is 1.69. The lowest BCUT2D eigenvalue weighted by molar-refractivity contribution is 0.306. The molecule has 70 valence electrons. The minimum absolute atomic E-state index is 0.890. The summed E-state index contributed by atoms with van der Waals surface area (Å²) in [4.78, 5) is 0. The summed E-state index contributed by atoms with van der Waals surface area (Å²) >= 11 is 0. The van der Waals surface area contributed by atoms with Crippen molar-refractivity contribution in [3.05, 3.63) is 0 Å². The van der Waals surface area contributed by atoms with Gasteiger partial charge in [-0.1, -0.05) is 19.3 Å². The topological polar surface area (TPSA) is 26.0 Å². The van der Waals surface area contributed by atoms with Gasteiger partial charge < -0.3 is 5.73 Å². The largest absolute Gasteiger partial charge is 0.330 e. The molecule has 2 fully saturated rings. The highest BCUT2D eigenvalue weighted by molar-refractivity contribution is 4.89. The van der Waals surface area contributed by atoms with Crippen LogP contribution in [0.15, 0.2) is 0 Å². The summed E-state index contributed by atoms with van der Waals surface area (Å²) in [6.07, 6.45) is 10.3. The molecule has 1 nitrogen and oxygen atoms in total. The van der Waals surface area contributed by atoms with Gasteiger partial charge >= 0.3 is 0 Å². The van der Waals surface area contributed by atoms with Gasteiger partial charge in [0.25, 0.3) is 0 Å². The fourth-order valence-electron chi connectivity index (χ4n) is 3.28. The first-order chi connectivity index (χ1) is 5.90. The second kappa shape index (κ2) is 3.78. The van der Waals surface area contributed by atoms with Crippen LogP contribution < -0.4 is 5.73 Å². The normalized spacial score (nSPS) is 39.2. The second-order valence-electron chi connectivity index (χ2n) is 4.72. The van der Waals surface area contributed by atoms with Gasteiger partial charge in [-0.2, -0.15) is 0 Å². The summed E-state index contributed by atoms with van der Waals surface area (Å²) in [6.45, 7) is 0.890. The van der Waals surface area contributed by atoms with E-state index < -0.39 is 0 Å². The summed E-state index contributed by atoms with van der Waals surface area (Å²) in [5, 5.41) is 0. The van der Waals surface area contributed by atoms with Crippen molar-refractivity contribution in [3.63, 3.8) is 0 Å². The van der Waals surface area contributed by atoms with Crippen LogP contribution in [0.5, 0.6) is 0 Å². The molecule has 3 unspecified atom stereocenters. The average molecular weight is 167 g/mol. The zero-order valence-corrected chi connectivity index (χ0v) is 7.97. The van der Waals surface area contributed by atoms with Crippen LogP contribution >= 0.6 is 0 Å². The highest BCUT2D eigenvalue weighted by Crippen LogP contribution is 2.49. The minimum atomic E-state index is 0.890. The Kier molecular flexibility index (Phi) is 2.69. The van der Waals surface area contributed by atoms with E-state index in [4.69, 9.17) is 5.73 Å². The van der Waals surface area contributed by atoms with Crippen molar-refractivity contribution in [2.45, 2.75) is 44.9 Å². The molecule has 2 bridgehead atoms. The zero-order chi connectivity index (χ0) is 8.39. The molecular weight excluding hydrogens is 146 g/mol. The Morgan fingerprint density at radius 1 is 1.08 bits per heavy atom. The van der Waals surface area contributed by atoms with Crippen LogP contribution in [0.1, 0.15) is 44.9 Å². The first-order valence-electron chi connectivity index (χ1n) is 5.60. The van der Waals surface area contributed by atoms with E-state index in [9.17, 15) is 0 Å². The van der Waals surface area contributed by atoms with Crippen LogP contribution in [0.2, 0.25) is 0 Å². The van der Waals surface area contributed by atoms with Crippen molar-refractivity contribution in [2.24, 2.45) is 23.5 Å². The van der Waals surface area contributed by atoms with Crippen molar-refractivity contribution in [2.75, 3.05) is 6.54 Å². The number of fused-ring (bicyclic) bond motifs is 2. The lowest BCUT2D eigenvalue weighted by Gasteiger charge is -2.21. The van der Waals surface area contributed by atoms with E-state index in [0.717, 1.165) is 24.3 Å². The SMILES string of the molecule is NCCCCC1CC2CCC1C2. The maximum absolute atomic E-state index is 5.49. The Hall–Kier alpha value is -0.0400. The maximum Gasteiger partial charge on any atom is -0.00773 e. The molecule has 2 aliphatic carbocycles. The van der Waals surface area contributed by atoms with Gasteiger partial charge in [0.15, 0.2) is 0 Å². The van der Waals surface area contributed by atoms with Crippen molar-refractivity contribution in [1.82, 2.24) is 0 Å². The van der Waals surface area contributed by atoms with Gasteiger partial charge in [0.05, 0.1) is 0 Å². The minimum Gasteiger partial charge on any atom is -0.330 e. The molecular formula is C11H21N. The van der Waals surface area contributed by atoms with Gasteiger partial charge in [0.2, 0.25) is 0 Å². The van der Waals surface area contributed by atoms with Gasteiger partial charge in [-0.15, -0.1) is 0 Å². The molecule has 0 radical (unpaired) electrons. The monoisotopic (exact) mass is 167 g/mol. The molecule has 1 heteroatoms. The molecule has 3 atom stereocenters. The summed E-state index contributed by atoms with van der Waals surface area (Å²) in [6, 6.07) is 0. The van der Waals surface area contributed by atoms with Crippen LogP contribution in [0.3, 0.4) is 0 Å². The number of rotatable bonds is 4. The molecule has 0 spiro atoms. The predicted octanol–water partition coefficient (Wildman–Crippen LogP) is 2.55. The molecule has 2 aliphatic rings. The second-order valence-corrected chi connectivity index (χ2v) is 4.72. The fraction of sp³-hybridized carbons (Fsp3) is 1.00. The highest BCUT2D eigenvalue weighted by atomic mass is 14.5. The summed E-state index contributed by atoms with van der Waals surface area (Å²) in [5.74, 6) is 3.33. The van der Waals surface area contributed by atoms with Gasteiger partial charge in [0, 0.05) is 0 Å². The van der Waals surface area contributed by atoms with E-state index in [0.29, 0.717) is 0 Å². The Morgan fingerprint density at radius 2 is 2.00 bits per heavy atom. The lowest BCUT2D eigenvalue weighted by atomic mass is 9.85. The average Bonchev–Trinajstić information content (AvgIpc) is 2.65. The van der Waals surface area contributed by atoms with Crippen LogP contribution in [-0.2, 0) is 0 Å². The summed E-state index contributed by atoms with van der Waals surface area (Å²) in [5.41, 5.74) is 5.49. The van der Waals surface area contributed by atoms with E-state index in [-0.39, 0.29) is 0 Å². The lowest BCUT2D eigenvalue weighted by Crippen LogP contribution is -2.10. The highest BCUT2D eigenvalue weighted by Gasteiger charge is 2.38. The maximum atomic E-state index is 5.49. The van der Waals surface area contributed by atoms with Crippen molar-refractivity contribution >= 4 is 0 Å². The molecule has 0 aliphatic heterocycles. The summed E-state index contributed by atoms with van der Waals surface area (Å²) in [7, 11) is 0. The number of unbranched alkanes of at least 4 members (excludes halogenated alkanes) is 1. The first-order valence-corrected chi connectivity index (χ1v) is 5.60. The Labute approximate surface area is 75.7 Å². The van der Waals surface area contributed by atoms with Crippen LogP contribution in [0.4, 0.5) is 0 Å². The van der Waals surface area contributed by atoms with Gasteiger partial charge in [-0.25, -0.2) is 0 Å². The van der Waals surface area contributed by atoms with Gasteiger partial charge in [-0.05, 0) is 50.0 Å². The third-order valence-electron chi connectivity index (χ3n) is 3.91. The smallest absolute Gasteiger partial charge is 0.00773 e. The van der Waals surface area contributed by atoms with Crippen molar-refractivity contribution < 1.29 is 0 Å². The molecule has 2 saturated carbocycles. The standard InChI is InChI=1S/C11H21N/c12-6-2-1-3-10-7-9-4-5-11(10)8-9/h9-11H,1-8,12H2. The Morgan fingerprint density at radius 3 is 2.58 bits per heavy atom. The number of hydrogen-bond acceptors (Lipinski definition) is 1. The van der Waals surface area contributed by atoms with Crippen LogP contribution in [0.25, 0.3) is 0 Å². The van der Waals surface area contributed by atoms with Gasteiger partial charge in [-0.3, -0.25) is 0 Å². The first kappa shape index (κ1) is 8.55. The van der Waals surface area contributed by atoms with E-state index in [1.54, 1.807) is 12.8 Å². The number of hydrogen-bond donors (Lipinski definition) is 1. The molecule has 12 heavy (non-hydrogen) atoms. The molecule has 0 saturated heterocycles. The zero-order valence-electron chi connectivity index (χ0n) is 7.97. The molecule has 2 rings (SSSR count). The van der Waals surface area contributed by atoms with Crippen molar-refractivity contribution in [1.29, 1.82) is 0 Å². The van der Waals surface area contributed by atoms with Gasteiger partial charge in [0.1, 0.15) is 0 Å². The van der Waals surface area contributed by atoms with E-state index in [1.165, 1.54) is 32.1 Å². The van der Waals surface area contributed by atoms with Crippen LogP contribution in [0, 0.1) is 17.8 Å². The van der Waals surface area contributed by atoms with E-state index >= 15 is 0 Å². The van der Waals surface area contributed by atoms with E-state index in [2.05, 4.69) is 0 Å². The van der Waals surface area contributed by atoms with E-state index in [1.807, 2.05) is 0 Å². The quantitative estimate of drug-likeness (QED) is 0.640. The third-order valence-corrected chi connectivity index (χ3v) is 3.91. The van der Waals surface area contributed by atoms with Crippen molar-refractivity contribution in [3.8, 4) is 0 Å². The molecule has 0 amide bonds. The molecule has 0 heterocycles. The number of nitrogens with two attached hydrogens (primary N) is 1. The molecule has 0 aromatic heterocycles. The molecule has 2 N–H and O–H groups in total. The summed E-state index contributed by atoms with van der Waals surface area (Å²) < 4.78 is 0.